The Bertz CT molecular complexity index is 243. The van der Waals surface area contributed by atoms with Crippen LogP contribution in [0.4, 0.5) is 0 Å². The van der Waals surface area contributed by atoms with E-state index in [2.05, 4.69) is 0 Å². The van der Waals surface area contributed by atoms with E-state index >= 15 is 0 Å². The molecule has 0 saturated carbocycles. The first-order valence-corrected chi connectivity index (χ1v) is 5.72. The second-order valence-corrected chi connectivity index (χ2v) is 5.45. The molecule has 0 aliphatic carbocycles. The van der Waals surface area contributed by atoms with Gasteiger partial charge in [0.25, 0.3) is 0 Å². The highest BCUT2D eigenvalue weighted by Crippen LogP contribution is 2.05. The molecule has 0 atom stereocenters. The van der Waals surface area contributed by atoms with E-state index in [0.717, 1.165) is 5.19 Å². The van der Waals surface area contributed by atoms with Crippen molar-refractivity contribution in [3.8, 4) is 0 Å². The number of benzene rings is 1. The Kier molecular flexibility index (Phi) is 5.59. The van der Waals surface area contributed by atoms with Gasteiger partial charge in [0, 0.05) is 26.5 Å². The fraction of sp³-hybridized carbons (Fsp3) is 0.333. The number of rotatable bonds is 4. The van der Waals surface area contributed by atoms with Crippen LogP contribution in [0.2, 0.25) is 0 Å². The largest absolute Gasteiger partial charge is 0.536 e. The van der Waals surface area contributed by atoms with Gasteiger partial charge in [0.2, 0.25) is 0 Å². The maximum absolute atomic E-state index is 5.32. The molecule has 0 aliphatic rings. The predicted molar refractivity (Wildman–Crippen MR) is 57.9 cm³/mol. The molecule has 0 radical (unpaired) electrons. The van der Waals surface area contributed by atoms with E-state index in [4.69, 9.17) is 13.3 Å². The summed E-state index contributed by atoms with van der Waals surface area (Å²) < 4.78 is 16.0. The Morgan fingerprint density at radius 2 is 1.29 bits per heavy atom. The standard InChI is InChI=1S/C9H14O3Si.H3N/c1-10-13(11-2,12-3)9-7-5-4-6-8-9;/h4-8H,1-3H3;1H3. The first kappa shape index (κ1) is 13.3. The Morgan fingerprint density at radius 1 is 0.857 bits per heavy atom. The first-order chi connectivity index (χ1) is 6.29. The van der Waals surface area contributed by atoms with Gasteiger partial charge in [-0.05, 0) is 0 Å². The van der Waals surface area contributed by atoms with Gasteiger partial charge in [-0.25, -0.2) is 0 Å². The van der Waals surface area contributed by atoms with Crippen molar-refractivity contribution in [3.63, 3.8) is 0 Å². The molecule has 1 aromatic carbocycles. The van der Waals surface area contributed by atoms with Crippen LogP contribution < -0.4 is 11.3 Å². The molecule has 4 nitrogen and oxygen atoms in total. The topological polar surface area (TPSA) is 62.7 Å². The molecule has 14 heavy (non-hydrogen) atoms. The summed E-state index contributed by atoms with van der Waals surface area (Å²) in [5.41, 5.74) is 0. The zero-order valence-corrected chi connectivity index (χ0v) is 9.82. The zero-order chi connectivity index (χ0) is 9.73. The smallest absolute Gasteiger partial charge is 0.373 e. The third-order valence-corrected chi connectivity index (χ3v) is 4.59. The molecular weight excluding hydrogens is 198 g/mol. The molecule has 80 valence electrons. The lowest BCUT2D eigenvalue weighted by molar-refractivity contribution is 0.140. The molecule has 5 heteroatoms. The maximum atomic E-state index is 5.32. The minimum atomic E-state index is -2.59. The highest BCUT2D eigenvalue weighted by Gasteiger charge is 2.40. The summed E-state index contributed by atoms with van der Waals surface area (Å²) in [6.07, 6.45) is 0. The Balaban J connectivity index is 0.00000169. The third kappa shape index (κ3) is 2.40. The van der Waals surface area contributed by atoms with Crippen LogP contribution in [-0.2, 0) is 13.3 Å². The molecule has 0 amide bonds. The molecule has 0 spiro atoms. The molecule has 0 aliphatic heterocycles. The van der Waals surface area contributed by atoms with Crippen molar-refractivity contribution in [1.29, 1.82) is 0 Å². The Labute approximate surface area is 85.8 Å². The van der Waals surface area contributed by atoms with Gasteiger partial charge in [0.05, 0.1) is 0 Å². The third-order valence-electron chi connectivity index (χ3n) is 1.93. The summed E-state index contributed by atoms with van der Waals surface area (Å²) in [5, 5.41) is 0.975. The van der Waals surface area contributed by atoms with E-state index in [-0.39, 0.29) is 6.15 Å². The number of hydrogen-bond acceptors (Lipinski definition) is 4. The van der Waals surface area contributed by atoms with Gasteiger partial charge in [0.15, 0.2) is 0 Å². The molecule has 0 heterocycles. The van der Waals surface area contributed by atoms with Gasteiger partial charge in [0.1, 0.15) is 0 Å². The Morgan fingerprint density at radius 3 is 1.64 bits per heavy atom. The average molecular weight is 215 g/mol. The van der Waals surface area contributed by atoms with Crippen molar-refractivity contribution in [3.05, 3.63) is 30.3 Å². The molecule has 0 fully saturated rings. The van der Waals surface area contributed by atoms with Crippen molar-refractivity contribution in [2.45, 2.75) is 0 Å². The maximum Gasteiger partial charge on any atom is 0.536 e. The lowest BCUT2D eigenvalue weighted by Gasteiger charge is -2.24. The zero-order valence-electron chi connectivity index (χ0n) is 8.82. The number of hydrogen-bond donors (Lipinski definition) is 1. The lowest BCUT2D eigenvalue weighted by Crippen LogP contribution is -2.54. The van der Waals surface area contributed by atoms with Crippen LogP contribution in [0.15, 0.2) is 30.3 Å². The highest BCUT2D eigenvalue weighted by atomic mass is 28.4. The van der Waals surface area contributed by atoms with Crippen molar-refractivity contribution >= 4 is 14.0 Å². The van der Waals surface area contributed by atoms with E-state index in [1.54, 1.807) is 21.3 Å². The SMILES string of the molecule is CO[Si](OC)(OC)c1ccccc1.N. The summed E-state index contributed by atoms with van der Waals surface area (Å²) >= 11 is 0. The first-order valence-electron chi connectivity index (χ1n) is 4.00. The van der Waals surface area contributed by atoms with Crippen molar-refractivity contribution < 1.29 is 13.3 Å². The molecule has 3 N–H and O–H groups in total. The van der Waals surface area contributed by atoms with E-state index in [0.29, 0.717) is 0 Å². The fourth-order valence-corrected chi connectivity index (χ4v) is 3.05. The van der Waals surface area contributed by atoms with Crippen LogP contribution in [0.25, 0.3) is 0 Å². The fourth-order valence-electron chi connectivity index (χ4n) is 1.25. The van der Waals surface area contributed by atoms with E-state index in [1.165, 1.54) is 0 Å². The molecule has 0 saturated heterocycles. The Hall–Kier alpha value is -0.723. The summed E-state index contributed by atoms with van der Waals surface area (Å²) in [7, 11) is 2.22. The van der Waals surface area contributed by atoms with Crippen LogP contribution in [0.1, 0.15) is 0 Å². The molecule has 0 unspecified atom stereocenters. The van der Waals surface area contributed by atoms with E-state index in [9.17, 15) is 0 Å². The molecule has 0 aromatic heterocycles. The predicted octanol–water partition coefficient (Wildman–Crippen LogP) is 0.934. The molecular formula is C9H17NO3Si. The molecule has 1 aromatic rings. The van der Waals surface area contributed by atoms with E-state index in [1.807, 2.05) is 30.3 Å². The van der Waals surface area contributed by atoms with Gasteiger partial charge >= 0.3 is 8.80 Å². The average Bonchev–Trinajstić information content (AvgIpc) is 2.23. The normalized spacial score (nSPS) is 10.8. The minimum absolute atomic E-state index is 0. The second kappa shape index (κ2) is 5.89. The van der Waals surface area contributed by atoms with Crippen LogP contribution in [-0.4, -0.2) is 30.1 Å². The summed E-state index contributed by atoms with van der Waals surface area (Å²) in [6.45, 7) is 0. The summed E-state index contributed by atoms with van der Waals surface area (Å²) in [6, 6.07) is 9.72. The van der Waals surface area contributed by atoms with Gasteiger partial charge in [-0.1, -0.05) is 30.3 Å². The van der Waals surface area contributed by atoms with Crippen molar-refractivity contribution in [1.82, 2.24) is 6.15 Å². The van der Waals surface area contributed by atoms with E-state index < -0.39 is 8.80 Å². The van der Waals surface area contributed by atoms with Crippen molar-refractivity contribution in [2.75, 3.05) is 21.3 Å². The van der Waals surface area contributed by atoms with Gasteiger partial charge in [-0.2, -0.15) is 0 Å². The van der Waals surface area contributed by atoms with Gasteiger partial charge in [-0.3, -0.25) is 0 Å². The highest BCUT2D eigenvalue weighted by molar-refractivity contribution is 6.75. The second-order valence-electron chi connectivity index (χ2n) is 2.53. The summed E-state index contributed by atoms with van der Waals surface area (Å²) in [5.74, 6) is 0. The molecule has 0 bridgehead atoms. The monoisotopic (exact) mass is 215 g/mol. The lowest BCUT2D eigenvalue weighted by atomic mass is 10.4. The van der Waals surface area contributed by atoms with Crippen molar-refractivity contribution in [2.24, 2.45) is 0 Å². The quantitative estimate of drug-likeness (QED) is 0.759. The van der Waals surface area contributed by atoms with Crippen LogP contribution in [0, 0.1) is 0 Å². The summed E-state index contributed by atoms with van der Waals surface area (Å²) in [4.78, 5) is 0. The van der Waals surface area contributed by atoms with Gasteiger partial charge in [-0.15, -0.1) is 0 Å². The van der Waals surface area contributed by atoms with Crippen LogP contribution in [0.3, 0.4) is 0 Å². The van der Waals surface area contributed by atoms with Crippen LogP contribution in [0.5, 0.6) is 0 Å². The molecule has 1 rings (SSSR count). The van der Waals surface area contributed by atoms with Crippen LogP contribution >= 0.6 is 0 Å². The van der Waals surface area contributed by atoms with Gasteiger partial charge < -0.3 is 19.4 Å². The minimum Gasteiger partial charge on any atom is -0.373 e.